The molecule has 1 heterocycles. The standard InChI is InChI=1S/C13H19BrN4/c1-18-13(8(14)5-16-18)12(17-15)11-9-6-2-3-7(4-6)10(9)11/h5-7,9-12,17H,2-4,15H2,1H3. The second-order valence-corrected chi connectivity index (χ2v) is 7.07. The van der Waals surface area contributed by atoms with E-state index in [1.165, 1.54) is 25.0 Å². The second kappa shape index (κ2) is 3.81. The molecule has 2 bridgehead atoms. The Labute approximate surface area is 115 Å². The topological polar surface area (TPSA) is 55.9 Å². The summed E-state index contributed by atoms with van der Waals surface area (Å²) in [4.78, 5) is 0. The summed E-state index contributed by atoms with van der Waals surface area (Å²) in [6.07, 6.45) is 6.25. The summed E-state index contributed by atoms with van der Waals surface area (Å²) < 4.78 is 3.02. The lowest BCUT2D eigenvalue weighted by atomic mass is 9.96. The molecule has 5 unspecified atom stereocenters. The van der Waals surface area contributed by atoms with Crippen LogP contribution < -0.4 is 11.3 Å². The number of fused-ring (bicyclic) bond motifs is 5. The van der Waals surface area contributed by atoms with Crippen LogP contribution in [0.2, 0.25) is 0 Å². The van der Waals surface area contributed by atoms with Gasteiger partial charge in [-0.3, -0.25) is 16.0 Å². The van der Waals surface area contributed by atoms with Gasteiger partial charge in [0.1, 0.15) is 0 Å². The van der Waals surface area contributed by atoms with E-state index in [0.717, 1.165) is 34.1 Å². The first-order chi connectivity index (χ1) is 8.72. The van der Waals surface area contributed by atoms with E-state index >= 15 is 0 Å². The van der Waals surface area contributed by atoms with E-state index in [9.17, 15) is 0 Å². The monoisotopic (exact) mass is 310 g/mol. The van der Waals surface area contributed by atoms with Crippen LogP contribution in [0.3, 0.4) is 0 Å². The number of hydrogen-bond acceptors (Lipinski definition) is 3. The Balaban J connectivity index is 1.64. The Morgan fingerprint density at radius 2 is 2.11 bits per heavy atom. The van der Waals surface area contributed by atoms with Crippen molar-refractivity contribution in [2.24, 2.45) is 42.5 Å². The van der Waals surface area contributed by atoms with Crippen LogP contribution in [0.5, 0.6) is 0 Å². The lowest BCUT2D eigenvalue weighted by Gasteiger charge is -2.20. The number of nitrogens with one attached hydrogen (secondary N) is 1. The summed E-state index contributed by atoms with van der Waals surface area (Å²) in [7, 11) is 2.00. The predicted octanol–water partition coefficient (Wildman–Crippen LogP) is 1.98. The molecule has 0 aliphatic heterocycles. The zero-order valence-corrected chi connectivity index (χ0v) is 12.1. The number of halogens is 1. The molecule has 3 fully saturated rings. The normalized spacial score (nSPS) is 42.1. The average molecular weight is 311 g/mol. The van der Waals surface area contributed by atoms with Crippen molar-refractivity contribution in [2.45, 2.75) is 25.3 Å². The number of hydrogen-bond donors (Lipinski definition) is 2. The molecule has 3 aliphatic rings. The summed E-state index contributed by atoms with van der Waals surface area (Å²) >= 11 is 3.60. The lowest BCUT2D eigenvalue weighted by molar-refractivity contribution is 0.360. The van der Waals surface area contributed by atoms with E-state index in [1.54, 1.807) is 0 Å². The van der Waals surface area contributed by atoms with Crippen molar-refractivity contribution in [3.8, 4) is 0 Å². The van der Waals surface area contributed by atoms with Crippen LogP contribution in [-0.2, 0) is 7.05 Å². The van der Waals surface area contributed by atoms with Crippen molar-refractivity contribution in [3.05, 3.63) is 16.4 Å². The van der Waals surface area contributed by atoms with Crippen molar-refractivity contribution in [3.63, 3.8) is 0 Å². The molecule has 0 radical (unpaired) electrons. The minimum atomic E-state index is 0.255. The maximum Gasteiger partial charge on any atom is 0.0708 e. The van der Waals surface area contributed by atoms with E-state index in [4.69, 9.17) is 5.84 Å². The van der Waals surface area contributed by atoms with E-state index in [-0.39, 0.29) is 6.04 Å². The third-order valence-corrected chi connectivity index (χ3v) is 6.20. The molecular weight excluding hydrogens is 292 g/mol. The van der Waals surface area contributed by atoms with Gasteiger partial charge >= 0.3 is 0 Å². The molecule has 1 aromatic rings. The number of aryl methyl sites for hydroxylation is 1. The lowest BCUT2D eigenvalue weighted by Crippen LogP contribution is -2.33. The summed E-state index contributed by atoms with van der Waals surface area (Å²) in [6, 6.07) is 0.255. The fourth-order valence-electron chi connectivity index (χ4n) is 4.98. The highest BCUT2D eigenvalue weighted by Gasteiger charge is 2.67. The minimum absolute atomic E-state index is 0.255. The molecule has 18 heavy (non-hydrogen) atoms. The largest absolute Gasteiger partial charge is 0.271 e. The van der Waals surface area contributed by atoms with Gasteiger partial charge in [0.15, 0.2) is 0 Å². The quantitative estimate of drug-likeness (QED) is 0.663. The molecule has 0 saturated heterocycles. The Bertz CT molecular complexity index is 450. The van der Waals surface area contributed by atoms with Crippen LogP contribution in [0, 0.1) is 29.6 Å². The second-order valence-electron chi connectivity index (χ2n) is 6.21. The molecule has 4 rings (SSSR count). The van der Waals surface area contributed by atoms with E-state index in [0.29, 0.717) is 0 Å². The first kappa shape index (κ1) is 11.4. The molecule has 98 valence electrons. The van der Waals surface area contributed by atoms with Crippen molar-refractivity contribution in [1.82, 2.24) is 15.2 Å². The number of nitrogens with two attached hydrogens (primary N) is 1. The number of rotatable bonds is 3. The highest BCUT2D eigenvalue weighted by atomic mass is 79.9. The van der Waals surface area contributed by atoms with Crippen molar-refractivity contribution < 1.29 is 0 Å². The Kier molecular flexibility index (Phi) is 2.42. The van der Waals surface area contributed by atoms with Crippen LogP contribution in [0.1, 0.15) is 31.0 Å². The van der Waals surface area contributed by atoms with Gasteiger partial charge in [-0.05, 0) is 64.8 Å². The SMILES string of the molecule is Cn1ncc(Br)c1C(NN)C1C2C3CCC(C3)C21. The summed E-state index contributed by atoms with van der Waals surface area (Å²) in [5.41, 5.74) is 4.26. The van der Waals surface area contributed by atoms with Crippen molar-refractivity contribution >= 4 is 15.9 Å². The molecule has 0 aromatic carbocycles. The van der Waals surface area contributed by atoms with Crippen LogP contribution in [0.25, 0.3) is 0 Å². The molecule has 0 amide bonds. The zero-order valence-electron chi connectivity index (χ0n) is 10.5. The molecule has 3 saturated carbocycles. The van der Waals surface area contributed by atoms with Gasteiger partial charge in [0.2, 0.25) is 0 Å². The van der Waals surface area contributed by atoms with E-state index in [1.807, 2.05) is 17.9 Å². The van der Waals surface area contributed by atoms with Crippen molar-refractivity contribution in [1.29, 1.82) is 0 Å². The minimum Gasteiger partial charge on any atom is -0.271 e. The highest BCUT2D eigenvalue weighted by Crippen LogP contribution is 2.72. The fourth-order valence-corrected chi connectivity index (χ4v) is 5.58. The molecule has 3 aliphatic carbocycles. The molecule has 1 aromatic heterocycles. The molecule has 5 atom stereocenters. The van der Waals surface area contributed by atoms with Gasteiger partial charge in [-0.2, -0.15) is 5.10 Å². The predicted molar refractivity (Wildman–Crippen MR) is 72.3 cm³/mol. The van der Waals surface area contributed by atoms with Gasteiger partial charge in [-0.1, -0.05) is 0 Å². The number of nitrogens with zero attached hydrogens (tertiary/aromatic N) is 2. The van der Waals surface area contributed by atoms with Crippen molar-refractivity contribution in [2.75, 3.05) is 0 Å². The molecule has 3 N–H and O–H groups in total. The first-order valence-electron chi connectivity index (χ1n) is 6.86. The van der Waals surface area contributed by atoms with Crippen LogP contribution in [-0.4, -0.2) is 9.78 Å². The Morgan fingerprint density at radius 1 is 1.44 bits per heavy atom. The van der Waals surface area contributed by atoms with Gasteiger partial charge in [0, 0.05) is 7.05 Å². The molecular formula is C13H19BrN4. The summed E-state index contributed by atoms with van der Waals surface area (Å²) in [5.74, 6) is 10.4. The van der Waals surface area contributed by atoms with Gasteiger partial charge in [-0.15, -0.1) is 0 Å². The van der Waals surface area contributed by atoms with Crippen LogP contribution in [0.15, 0.2) is 10.7 Å². The van der Waals surface area contributed by atoms with Gasteiger partial charge < -0.3 is 0 Å². The number of aromatic nitrogens is 2. The number of hydrazine groups is 1. The van der Waals surface area contributed by atoms with Gasteiger partial charge in [0.05, 0.1) is 22.4 Å². The molecule has 5 heteroatoms. The van der Waals surface area contributed by atoms with Gasteiger partial charge in [0.25, 0.3) is 0 Å². The third kappa shape index (κ3) is 1.35. The third-order valence-electron chi connectivity index (χ3n) is 5.59. The smallest absolute Gasteiger partial charge is 0.0708 e. The van der Waals surface area contributed by atoms with E-state index in [2.05, 4.69) is 26.5 Å². The fraction of sp³-hybridized carbons (Fsp3) is 0.769. The maximum absolute atomic E-state index is 5.85. The van der Waals surface area contributed by atoms with Crippen LogP contribution >= 0.6 is 15.9 Å². The molecule has 4 nitrogen and oxygen atoms in total. The Hall–Kier alpha value is -0.390. The van der Waals surface area contributed by atoms with E-state index < -0.39 is 0 Å². The summed E-state index contributed by atoms with van der Waals surface area (Å²) in [5, 5.41) is 4.32. The average Bonchev–Trinajstić information content (AvgIpc) is 2.69. The highest BCUT2D eigenvalue weighted by molar-refractivity contribution is 9.10. The zero-order chi connectivity index (χ0) is 12.4. The first-order valence-corrected chi connectivity index (χ1v) is 7.65. The Morgan fingerprint density at radius 3 is 2.61 bits per heavy atom. The van der Waals surface area contributed by atoms with Crippen LogP contribution in [0.4, 0.5) is 0 Å². The summed E-state index contributed by atoms with van der Waals surface area (Å²) in [6.45, 7) is 0. The maximum atomic E-state index is 5.85. The van der Waals surface area contributed by atoms with Gasteiger partial charge in [-0.25, -0.2) is 0 Å². The molecule has 0 spiro atoms.